The first-order valence-corrected chi connectivity index (χ1v) is 8.75. The third-order valence-corrected chi connectivity index (χ3v) is 4.49. The lowest BCUT2D eigenvalue weighted by Crippen LogP contribution is -2.45. The maximum absolute atomic E-state index is 12.0. The highest BCUT2D eigenvalue weighted by molar-refractivity contribution is 5.70. The van der Waals surface area contributed by atoms with Gasteiger partial charge in [0.15, 0.2) is 0 Å². The predicted molar refractivity (Wildman–Crippen MR) is 91.6 cm³/mol. The molecule has 24 heavy (non-hydrogen) atoms. The lowest BCUT2D eigenvalue weighted by molar-refractivity contribution is -0.145. The molecule has 2 rings (SSSR count). The summed E-state index contributed by atoms with van der Waals surface area (Å²) in [6, 6.07) is 10.2. The van der Waals surface area contributed by atoms with E-state index in [-0.39, 0.29) is 23.9 Å². The molecule has 1 aromatic rings. The molecular weight excluding hydrogens is 306 g/mol. The van der Waals surface area contributed by atoms with E-state index >= 15 is 0 Å². The lowest BCUT2D eigenvalue weighted by atomic mass is 9.79. The van der Waals surface area contributed by atoms with E-state index in [2.05, 4.69) is 12.1 Å². The summed E-state index contributed by atoms with van der Waals surface area (Å²) in [6.07, 6.45) is 1.81. The fourth-order valence-electron chi connectivity index (χ4n) is 3.31. The van der Waals surface area contributed by atoms with Gasteiger partial charge in [0, 0.05) is 19.5 Å². The Labute approximate surface area is 143 Å². The van der Waals surface area contributed by atoms with Crippen LogP contribution in [-0.2, 0) is 20.7 Å². The Kier molecular flexibility index (Phi) is 7.09. The topological polar surface area (TPSA) is 55.8 Å². The van der Waals surface area contributed by atoms with Crippen LogP contribution in [0.1, 0.15) is 32.3 Å². The zero-order valence-corrected chi connectivity index (χ0v) is 14.6. The molecule has 1 aromatic carbocycles. The summed E-state index contributed by atoms with van der Waals surface area (Å²) in [5, 5.41) is 0. The van der Waals surface area contributed by atoms with Crippen molar-refractivity contribution in [3.05, 3.63) is 35.9 Å². The Balaban J connectivity index is 2.05. The van der Waals surface area contributed by atoms with Gasteiger partial charge in [-0.2, -0.15) is 0 Å². The van der Waals surface area contributed by atoms with Crippen molar-refractivity contribution in [2.24, 2.45) is 11.8 Å². The summed E-state index contributed by atoms with van der Waals surface area (Å²) in [4.78, 5) is 25.7. The van der Waals surface area contributed by atoms with Gasteiger partial charge in [-0.15, -0.1) is 0 Å². The Morgan fingerprint density at radius 3 is 2.46 bits per heavy atom. The molecule has 132 valence electrons. The van der Waals surface area contributed by atoms with Crippen LogP contribution < -0.4 is 0 Å². The molecule has 1 aliphatic heterocycles. The smallest absolute Gasteiger partial charge is 0.409 e. The SMILES string of the molecule is CCOC(=O)CC1CCN(C(=O)OCC)CC1Cc1ccccc1. The number of carbonyl (C=O) groups excluding carboxylic acids is 2. The second kappa shape index (κ2) is 9.30. The number of esters is 1. The van der Waals surface area contributed by atoms with Crippen molar-refractivity contribution in [2.45, 2.75) is 33.1 Å². The molecule has 0 spiro atoms. The normalized spacial score (nSPS) is 20.5. The number of carbonyl (C=O) groups is 2. The van der Waals surface area contributed by atoms with Crippen LogP contribution in [0.3, 0.4) is 0 Å². The van der Waals surface area contributed by atoms with E-state index in [1.165, 1.54) is 5.56 Å². The molecule has 0 bridgehead atoms. The van der Waals surface area contributed by atoms with Gasteiger partial charge in [0.05, 0.1) is 13.2 Å². The van der Waals surface area contributed by atoms with E-state index in [1.807, 2.05) is 32.0 Å². The summed E-state index contributed by atoms with van der Waals surface area (Å²) in [5.74, 6) is 0.315. The van der Waals surface area contributed by atoms with Gasteiger partial charge in [-0.25, -0.2) is 4.79 Å². The number of rotatable bonds is 6. The molecule has 1 heterocycles. The molecule has 1 aliphatic rings. The highest BCUT2D eigenvalue weighted by Crippen LogP contribution is 2.30. The van der Waals surface area contributed by atoms with Gasteiger partial charge in [-0.3, -0.25) is 4.79 Å². The van der Waals surface area contributed by atoms with E-state index in [1.54, 1.807) is 4.90 Å². The van der Waals surface area contributed by atoms with E-state index in [0.29, 0.717) is 32.7 Å². The molecule has 0 saturated carbocycles. The second-order valence-electron chi connectivity index (χ2n) is 6.15. The number of benzene rings is 1. The fourth-order valence-corrected chi connectivity index (χ4v) is 3.31. The molecule has 0 radical (unpaired) electrons. The molecule has 5 nitrogen and oxygen atoms in total. The third kappa shape index (κ3) is 5.25. The first-order valence-electron chi connectivity index (χ1n) is 8.75. The largest absolute Gasteiger partial charge is 0.466 e. The van der Waals surface area contributed by atoms with Gasteiger partial charge in [-0.05, 0) is 44.1 Å². The van der Waals surface area contributed by atoms with Gasteiger partial charge in [-0.1, -0.05) is 30.3 Å². The zero-order chi connectivity index (χ0) is 17.4. The zero-order valence-electron chi connectivity index (χ0n) is 14.6. The average molecular weight is 333 g/mol. The number of piperidine rings is 1. The van der Waals surface area contributed by atoms with Crippen LogP contribution in [0.4, 0.5) is 4.79 Å². The average Bonchev–Trinajstić information content (AvgIpc) is 2.58. The van der Waals surface area contributed by atoms with Gasteiger partial charge in [0.25, 0.3) is 0 Å². The summed E-state index contributed by atoms with van der Waals surface area (Å²) in [5.41, 5.74) is 1.22. The van der Waals surface area contributed by atoms with Crippen molar-refractivity contribution < 1.29 is 19.1 Å². The van der Waals surface area contributed by atoms with Crippen LogP contribution in [0.25, 0.3) is 0 Å². The molecule has 2 atom stereocenters. The fraction of sp³-hybridized carbons (Fsp3) is 0.579. The summed E-state index contributed by atoms with van der Waals surface area (Å²) in [7, 11) is 0. The molecule has 1 fully saturated rings. The number of amides is 1. The Hall–Kier alpha value is -2.04. The Bertz CT molecular complexity index is 531. The summed E-state index contributed by atoms with van der Waals surface area (Å²) < 4.78 is 10.2. The van der Waals surface area contributed by atoms with Gasteiger partial charge in [0.1, 0.15) is 0 Å². The van der Waals surface area contributed by atoms with Gasteiger partial charge >= 0.3 is 12.1 Å². The van der Waals surface area contributed by atoms with Crippen molar-refractivity contribution in [3.8, 4) is 0 Å². The predicted octanol–water partition coefficient (Wildman–Crippen LogP) is 3.28. The van der Waals surface area contributed by atoms with Crippen LogP contribution in [0.2, 0.25) is 0 Å². The van der Waals surface area contributed by atoms with Crippen molar-refractivity contribution >= 4 is 12.1 Å². The minimum atomic E-state index is -0.259. The van der Waals surface area contributed by atoms with E-state index in [4.69, 9.17) is 9.47 Å². The Morgan fingerprint density at radius 2 is 1.79 bits per heavy atom. The quantitative estimate of drug-likeness (QED) is 0.750. The Morgan fingerprint density at radius 1 is 1.08 bits per heavy atom. The molecule has 1 saturated heterocycles. The maximum Gasteiger partial charge on any atom is 0.409 e. The van der Waals surface area contributed by atoms with Crippen LogP contribution in [0, 0.1) is 11.8 Å². The monoisotopic (exact) mass is 333 g/mol. The number of hydrogen-bond donors (Lipinski definition) is 0. The van der Waals surface area contributed by atoms with E-state index in [9.17, 15) is 9.59 Å². The van der Waals surface area contributed by atoms with Crippen molar-refractivity contribution in [1.29, 1.82) is 0 Å². The van der Waals surface area contributed by atoms with Crippen LogP contribution in [0.5, 0.6) is 0 Å². The second-order valence-corrected chi connectivity index (χ2v) is 6.15. The van der Waals surface area contributed by atoms with Crippen LogP contribution >= 0.6 is 0 Å². The van der Waals surface area contributed by atoms with Crippen molar-refractivity contribution in [3.63, 3.8) is 0 Å². The number of nitrogens with zero attached hydrogens (tertiary/aromatic N) is 1. The molecule has 5 heteroatoms. The summed E-state index contributed by atoms with van der Waals surface area (Å²) >= 11 is 0. The standard InChI is InChI=1S/C19H27NO4/c1-3-23-18(21)13-16-10-11-20(19(22)24-4-2)14-17(16)12-15-8-6-5-7-9-15/h5-9,16-17H,3-4,10-14H2,1-2H3. The number of ether oxygens (including phenoxy) is 2. The van der Waals surface area contributed by atoms with Crippen LogP contribution in [0.15, 0.2) is 30.3 Å². The minimum absolute atomic E-state index is 0.148. The molecule has 2 unspecified atom stereocenters. The summed E-state index contributed by atoms with van der Waals surface area (Å²) in [6.45, 7) is 5.68. The highest BCUT2D eigenvalue weighted by Gasteiger charge is 2.33. The third-order valence-electron chi connectivity index (χ3n) is 4.49. The highest BCUT2D eigenvalue weighted by atomic mass is 16.6. The molecule has 1 amide bonds. The number of likely N-dealkylation sites (tertiary alicyclic amines) is 1. The van der Waals surface area contributed by atoms with E-state index in [0.717, 1.165) is 12.8 Å². The van der Waals surface area contributed by atoms with Gasteiger partial charge < -0.3 is 14.4 Å². The molecule has 0 aromatic heterocycles. The van der Waals surface area contributed by atoms with Crippen molar-refractivity contribution in [2.75, 3.05) is 26.3 Å². The van der Waals surface area contributed by atoms with Crippen molar-refractivity contribution in [1.82, 2.24) is 4.90 Å². The first kappa shape index (κ1) is 18.3. The molecule has 0 aliphatic carbocycles. The number of hydrogen-bond acceptors (Lipinski definition) is 4. The molecular formula is C19H27NO4. The van der Waals surface area contributed by atoms with Crippen LogP contribution in [-0.4, -0.2) is 43.3 Å². The minimum Gasteiger partial charge on any atom is -0.466 e. The molecule has 0 N–H and O–H groups in total. The maximum atomic E-state index is 12.0. The van der Waals surface area contributed by atoms with E-state index < -0.39 is 0 Å². The first-order chi connectivity index (χ1) is 11.6. The van der Waals surface area contributed by atoms with Gasteiger partial charge in [0.2, 0.25) is 0 Å². The lowest BCUT2D eigenvalue weighted by Gasteiger charge is -2.37.